The molecule has 34 heavy (non-hydrogen) atoms. The molecule has 6 nitrogen and oxygen atoms in total. The average molecular weight is 460 g/mol. The van der Waals surface area contributed by atoms with Crippen LogP contribution in [-0.2, 0) is 11.3 Å². The zero-order valence-corrected chi connectivity index (χ0v) is 19.4. The Morgan fingerprint density at radius 1 is 1.03 bits per heavy atom. The zero-order valence-electron chi connectivity index (χ0n) is 19.4. The number of ether oxygens (including phenoxy) is 2. The number of nitrogens with zero attached hydrogens (tertiary/aromatic N) is 1. The van der Waals surface area contributed by atoms with Crippen molar-refractivity contribution in [2.75, 3.05) is 26.8 Å². The molecule has 6 heteroatoms. The van der Waals surface area contributed by atoms with E-state index in [1.165, 1.54) is 5.56 Å². The van der Waals surface area contributed by atoms with Crippen LogP contribution in [0.2, 0.25) is 0 Å². The van der Waals surface area contributed by atoms with Crippen molar-refractivity contribution in [3.8, 4) is 17.1 Å². The number of furan rings is 1. The van der Waals surface area contributed by atoms with E-state index in [0.29, 0.717) is 34.6 Å². The highest BCUT2D eigenvalue weighted by atomic mass is 16.5. The standard InChI is InChI=1S/C28H29NO5/c1-3-32-28(31)26-24-16-23(14-15-25(24)34-27(26)21-12-8-5-9-13-21)33-19-22(30)18-29(2)17-20-10-6-4-7-11-20/h4-16,22,30H,3,17-19H2,1-2H3/t22-/m1/s1. The minimum Gasteiger partial charge on any atom is -0.491 e. The van der Waals surface area contributed by atoms with Gasteiger partial charge in [0.25, 0.3) is 0 Å². The molecular formula is C28H29NO5. The summed E-state index contributed by atoms with van der Waals surface area (Å²) in [6.07, 6.45) is -0.668. The number of rotatable bonds is 10. The second-order valence-electron chi connectivity index (χ2n) is 8.20. The number of carbonyl (C=O) groups is 1. The summed E-state index contributed by atoms with van der Waals surface area (Å²) in [4.78, 5) is 14.8. The minimum atomic E-state index is -0.668. The number of hydrogen-bond donors (Lipinski definition) is 1. The molecule has 0 aliphatic heterocycles. The number of likely N-dealkylation sites (N-methyl/N-ethyl adjacent to an activating group) is 1. The predicted octanol–water partition coefficient (Wildman–Crippen LogP) is 5.15. The predicted molar refractivity (Wildman–Crippen MR) is 132 cm³/mol. The quantitative estimate of drug-likeness (QED) is 0.331. The topological polar surface area (TPSA) is 72.1 Å². The van der Waals surface area contributed by atoms with Gasteiger partial charge in [-0.15, -0.1) is 0 Å². The van der Waals surface area contributed by atoms with Crippen LogP contribution in [0.15, 0.2) is 83.3 Å². The van der Waals surface area contributed by atoms with E-state index in [0.717, 1.165) is 12.1 Å². The normalized spacial score (nSPS) is 12.1. The fraction of sp³-hybridized carbons (Fsp3) is 0.250. The summed E-state index contributed by atoms with van der Waals surface area (Å²) in [7, 11) is 1.96. The minimum absolute atomic E-state index is 0.128. The lowest BCUT2D eigenvalue weighted by Crippen LogP contribution is -2.32. The lowest BCUT2D eigenvalue weighted by atomic mass is 10.1. The Kier molecular flexibility index (Phi) is 7.62. The first-order valence-corrected chi connectivity index (χ1v) is 11.4. The molecule has 1 N–H and O–H groups in total. The average Bonchev–Trinajstić information content (AvgIpc) is 3.23. The van der Waals surface area contributed by atoms with Gasteiger partial charge in [-0.3, -0.25) is 4.90 Å². The number of hydrogen-bond acceptors (Lipinski definition) is 6. The highest BCUT2D eigenvalue weighted by Crippen LogP contribution is 2.36. The van der Waals surface area contributed by atoms with Crippen molar-refractivity contribution in [2.24, 2.45) is 0 Å². The first-order valence-electron chi connectivity index (χ1n) is 11.4. The molecule has 3 aromatic carbocycles. The van der Waals surface area contributed by atoms with E-state index in [2.05, 4.69) is 12.1 Å². The molecule has 0 bridgehead atoms. The molecule has 0 fully saturated rings. The van der Waals surface area contributed by atoms with Crippen LogP contribution in [-0.4, -0.2) is 48.9 Å². The molecule has 1 aromatic heterocycles. The maximum atomic E-state index is 12.8. The molecule has 176 valence electrons. The van der Waals surface area contributed by atoms with Gasteiger partial charge in [0.05, 0.1) is 6.61 Å². The lowest BCUT2D eigenvalue weighted by molar-refractivity contribution is 0.0528. The van der Waals surface area contributed by atoms with Crippen LogP contribution in [0.5, 0.6) is 5.75 Å². The first kappa shape index (κ1) is 23.5. The molecule has 0 spiro atoms. The van der Waals surface area contributed by atoms with Gasteiger partial charge >= 0.3 is 5.97 Å². The van der Waals surface area contributed by atoms with Crippen LogP contribution in [0, 0.1) is 0 Å². The SMILES string of the molecule is CCOC(=O)c1c(-c2ccccc2)oc2ccc(OC[C@H](O)CN(C)Cc3ccccc3)cc12. The number of aliphatic hydroxyl groups is 1. The molecule has 0 saturated carbocycles. The van der Waals surface area contributed by atoms with Crippen molar-refractivity contribution in [3.63, 3.8) is 0 Å². The second kappa shape index (κ2) is 11.0. The third-order valence-electron chi connectivity index (χ3n) is 5.44. The van der Waals surface area contributed by atoms with Crippen LogP contribution in [0.1, 0.15) is 22.8 Å². The van der Waals surface area contributed by atoms with Crippen molar-refractivity contribution in [3.05, 3.63) is 90.0 Å². The summed E-state index contributed by atoms with van der Waals surface area (Å²) >= 11 is 0. The molecule has 0 aliphatic carbocycles. The molecule has 0 radical (unpaired) electrons. The molecule has 1 atom stereocenters. The second-order valence-corrected chi connectivity index (χ2v) is 8.20. The Balaban J connectivity index is 1.49. The van der Waals surface area contributed by atoms with Gasteiger partial charge in [-0.25, -0.2) is 4.79 Å². The summed E-state index contributed by atoms with van der Waals surface area (Å²) < 4.78 is 17.2. The maximum Gasteiger partial charge on any atom is 0.342 e. The Labute approximate surface area is 199 Å². The summed E-state index contributed by atoms with van der Waals surface area (Å²) in [5.41, 5.74) is 2.92. The molecule has 4 rings (SSSR count). The van der Waals surface area contributed by atoms with Crippen LogP contribution < -0.4 is 4.74 Å². The van der Waals surface area contributed by atoms with Gasteiger partial charge in [-0.1, -0.05) is 60.7 Å². The van der Waals surface area contributed by atoms with Gasteiger partial charge in [-0.2, -0.15) is 0 Å². The van der Waals surface area contributed by atoms with Gasteiger partial charge in [0.15, 0.2) is 0 Å². The Bertz CT molecular complexity index is 1220. The molecule has 0 aliphatic rings. The third kappa shape index (κ3) is 5.65. The van der Waals surface area contributed by atoms with Crippen LogP contribution in [0.25, 0.3) is 22.3 Å². The number of benzene rings is 3. The van der Waals surface area contributed by atoms with Crippen molar-refractivity contribution >= 4 is 16.9 Å². The fourth-order valence-electron chi connectivity index (χ4n) is 3.93. The Morgan fingerprint density at radius 2 is 1.74 bits per heavy atom. The van der Waals surface area contributed by atoms with E-state index in [-0.39, 0.29) is 13.2 Å². The zero-order chi connectivity index (χ0) is 23.9. The summed E-state index contributed by atoms with van der Waals surface area (Å²) in [5.74, 6) is 0.566. The molecule has 1 heterocycles. The maximum absolute atomic E-state index is 12.8. The number of fused-ring (bicyclic) bond motifs is 1. The summed E-state index contributed by atoms with van der Waals surface area (Å²) in [5, 5.41) is 11.1. The van der Waals surface area contributed by atoms with Gasteiger partial charge in [-0.05, 0) is 37.7 Å². The fourth-order valence-corrected chi connectivity index (χ4v) is 3.93. The largest absolute Gasteiger partial charge is 0.491 e. The summed E-state index contributed by atoms with van der Waals surface area (Å²) in [6.45, 7) is 3.37. The van der Waals surface area contributed by atoms with E-state index in [1.807, 2.05) is 60.5 Å². The molecule has 0 amide bonds. The third-order valence-corrected chi connectivity index (χ3v) is 5.44. The highest BCUT2D eigenvalue weighted by Gasteiger charge is 2.23. The first-order chi connectivity index (χ1) is 16.5. The van der Waals surface area contributed by atoms with Gasteiger partial charge in [0, 0.05) is 24.0 Å². The van der Waals surface area contributed by atoms with Crippen molar-refractivity contribution < 1.29 is 23.8 Å². The van der Waals surface area contributed by atoms with Gasteiger partial charge < -0.3 is 19.0 Å². The number of esters is 1. The van der Waals surface area contributed by atoms with Crippen LogP contribution >= 0.6 is 0 Å². The van der Waals surface area contributed by atoms with Gasteiger partial charge in [0.1, 0.15) is 35.4 Å². The van der Waals surface area contributed by atoms with E-state index in [1.54, 1.807) is 25.1 Å². The number of aliphatic hydroxyl groups excluding tert-OH is 1. The van der Waals surface area contributed by atoms with E-state index in [4.69, 9.17) is 13.9 Å². The van der Waals surface area contributed by atoms with Crippen molar-refractivity contribution in [1.29, 1.82) is 0 Å². The molecular weight excluding hydrogens is 430 g/mol. The Morgan fingerprint density at radius 3 is 2.44 bits per heavy atom. The number of carbonyl (C=O) groups excluding carboxylic acids is 1. The van der Waals surface area contributed by atoms with Crippen LogP contribution in [0.4, 0.5) is 0 Å². The van der Waals surface area contributed by atoms with Crippen molar-refractivity contribution in [2.45, 2.75) is 19.6 Å². The molecule has 0 saturated heterocycles. The van der Waals surface area contributed by atoms with Gasteiger partial charge in [0.2, 0.25) is 0 Å². The monoisotopic (exact) mass is 459 g/mol. The van der Waals surface area contributed by atoms with Crippen LogP contribution in [0.3, 0.4) is 0 Å². The smallest absolute Gasteiger partial charge is 0.342 e. The Hall–Kier alpha value is -3.61. The lowest BCUT2D eigenvalue weighted by Gasteiger charge is -2.21. The van der Waals surface area contributed by atoms with E-state index >= 15 is 0 Å². The molecule has 4 aromatic rings. The van der Waals surface area contributed by atoms with E-state index in [9.17, 15) is 9.90 Å². The van der Waals surface area contributed by atoms with Crippen molar-refractivity contribution in [1.82, 2.24) is 4.90 Å². The van der Waals surface area contributed by atoms with E-state index < -0.39 is 12.1 Å². The summed E-state index contributed by atoms with van der Waals surface area (Å²) in [6, 6.07) is 24.9. The molecule has 0 unspecified atom stereocenters. The highest BCUT2D eigenvalue weighted by molar-refractivity contribution is 6.09.